The van der Waals surface area contributed by atoms with Crippen molar-refractivity contribution in [2.24, 2.45) is 0 Å². The Hall–Kier alpha value is -2.18. The molecule has 23 heavy (non-hydrogen) atoms. The number of nitrogens with zero attached hydrogens (tertiary/aromatic N) is 5. The van der Waals surface area contributed by atoms with Crippen molar-refractivity contribution in [1.82, 2.24) is 24.6 Å². The van der Waals surface area contributed by atoms with E-state index in [1.165, 1.54) is 11.3 Å². The van der Waals surface area contributed by atoms with Crippen molar-refractivity contribution in [3.8, 4) is 0 Å². The average molecular weight is 352 g/mol. The SMILES string of the molecule is C[C@H]1CCc2c1cc([C-]=O)c1nncn21.Fc1cn[c-]nc1.[Mn+2]. The fraction of sp³-hybridized carbons (Fsp3) is 0.267. The maximum atomic E-state index is 11.8. The number of hydrogen-bond donors (Lipinski definition) is 0. The summed E-state index contributed by atoms with van der Waals surface area (Å²) < 4.78 is 13.7. The molecule has 6 nitrogen and oxygen atoms in total. The van der Waals surface area contributed by atoms with Gasteiger partial charge in [0.05, 0.1) is 17.8 Å². The summed E-state index contributed by atoms with van der Waals surface area (Å²) in [6.45, 7) is 2.18. The number of fused-ring (bicyclic) bond motifs is 3. The topological polar surface area (TPSA) is 73.0 Å². The second kappa shape index (κ2) is 7.39. The van der Waals surface area contributed by atoms with Gasteiger partial charge in [-0.3, -0.25) is 0 Å². The number of rotatable bonds is 1. The Bertz CT molecular complexity index is 808. The summed E-state index contributed by atoms with van der Waals surface area (Å²) >= 11 is 0. The first kappa shape index (κ1) is 17.2. The molecule has 0 saturated heterocycles. The van der Waals surface area contributed by atoms with E-state index in [4.69, 9.17) is 0 Å². The van der Waals surface area contributed by atoms with E-state index in [0.717, 1.165) is 25.2 Å². The number of halogens is 1. The molecule has 117 valence electrons. The van der Waals surface area contributed by atoms with Crippen LogP contribution in [0.5, 0.6) is 0 Å². The van der Waals surface area contributed by atoms with Gasteiger partial charge in [0.1, 0.15) is 6.33 Å². The molecule has 0 aliphatic heterocycles. The minimum absolute atomic E-state index is 0. The molecule has 4 rings (SSSR count). The summed E-state index contributed by atoms with van der Waals surface area (Å²) in [5, 5.41) is 7.79. The second-order valence-electron chi connectivity index (χ2n) is 5.03. The van der Waals surface area contributed by atoms with Crippen LogP contribution in [0.4, 0.5) is 4.39 Å². The van der Waals surface area contributed by atoms with Gasteiger partial charge < -0.3 is 19.2 Å². The zero-order chi connectivity index (χ0) is 15.5. The van der Waals surface area contributed by atoms with Gasteiger partial charge in [-0.05, 0) is 31.2 Å². The molecule has 8 heteroatoms. The molecule has 0 unspecified atom stereocenters. The number of aryl methyl sites for hydroxylation is 1. The van der Waals surface area contributed by atoms with Gasteiger partial charge in [0.25, 0.3) is 0 Å². The van der Waals surface area contributed by atoms with Crippen molar-refractivity contribution in [2.75, 3.05) is 0 Å². The van der Waals surface area contributed by atoms with Crippen molar-refractivity contribution >= 4 is 11.9 Å². The fourth-order valence-electron chi connectivity index (χ4n) is 2.58. The summed E-state index contributed by atoms with van der Waals surface area (Å²) in [5.74, 6) is 0.0812. The molecule has 0 fully saturated rings. The van der Waals surface area contributed by atoms with Crippen LogP contribution < -0.4 is 0 Å². The third-order valence-corrected chi connectivity index (χ3v) is 3.66. The molecule has 0 N–H and O–H groups in total. The van der Waals surface area contributed by atoms with Gasteiger partial charge in [0.15, 0.2) is 0 Å². The Morgan fingerprint density at radius 1 is 1.39 bits per heavy atom. The van der Waals surface area contributed by atoms with E-state index >= 15 is 0 Å². The summed E-state index contributed by atoms with van der Waals surface area (Å²) in [6.07, 6.45) is 10.1. The number of pyridine rings is 1. The Labute approximate surface area is 142 Å². The van der Waals surface area contributed by atoms with Crippen molar-refractivity contribution in [3.05, 3.63) is 53.8 Å². The minimum atomic E-state index is -0.432. The zero-order valence-corrected chi connectivity index (χ0v) is 13.4. The predicted octanol–water partition coefficient (Wildman–Crippen LogP) is 1.65. The third kappa shape index (κ3) is 3.43. The van der Waals surface area contributed by atoms with Crippen LogP contribution in [0.15, 0.2) is 24.8 Å². The van der Waals surface area contributed by atoms with Crippen LogP contribution >= 0.6 is 0 Å². The maximum Gasteiger partial charge on any atom is 2.00 e. The Balaban J connectivity index is 0.000000205. The van der Waals surface area contributed by atoms with Crippen LogP contribution in [0, 0.1) is 12.1 Å². The van der Waals surface area contributed by atoms with E-state index in [0.29, 0.717) is 17.1 Å². The van der Waals surface area contributed by atoms with Crippen LogP contribution in [-0.2, 0) is 28.3 Å². The molecule has 0 saturated carbocycles. The van der Waals surface area contributed by atoms with Crippen molar-refractivity contribution in [2.45, 2.75) is 25.7 Å². The van der Waals surface area contributed by atoms with Gasteiger partial charge in [-0.2, -0.15) is 16.3 Å². The maximum absolute atomic E-state index is 11.8. The van der Waals surface area contributed by atoms with Gasteiger partial charge in [-0.15, -0.1) is 5.56 Å². The van der Waals surface area contributed by atoms with Gasteiger partial charge in [0, 0.05) is 12.0 Å². The van der Waals surface area contributed by atoms with Crippen LogP contribution in [0.25, 0.3) is 5.65 Å². The van der Waals surface area contributed by atoms with E-state index in [-0.39, 0.29) is 17.1 Å². The summed E-state index contributed by atoms with van der Waals surface area (Å²) in [6, 6.07) is 1.91. The van der Waals surface area contributed by atoms with Crippen molar-refractivity contribution in [3.63, 3.8) is 0 Å². The first-order valence-corrected chi connectivity index (χ1v) is 6.78. The molecule has 0 spiro atoms. The largest absolute Gasteiger partial charge is 2.00 e. The summed E-state index contributed by atoms with van der Waals surface area (Å²) in [7, 11) is 0. The molecule has 1 aliphatic carbocycles. The van der Waals surface area contributed by atoms with E-state index in [9.17, 15) is 9.18 Å². The molecule has 3 aromatic rings. The van der Waals surface area contributed by atoms with Gasteiger partial charge in [0.2, 0.25) is 0 Å². The van der Waals surface area contributed by atoms with E-state index < -0.39 is 5.82 Å². The molecular weight excluding hydrogens is 340 g/mol. The zero-order valence-electron chi connectivity index (χ0n) is 12.2. The Morgan fingerprint density at radius 3 is 2.74 bits per heavy atom. The van der Waals surface area contributed by atoms with Crippen LogP contribution in [0.2, 0.25) is 0 Å². The molecule has 1 radical (unpaired) electrons. The molecule has 1 atom stereocenters. The monoisotopic (exact) mass is 352 g/mol. The quantitative estimate of drug-likeness (QED) is 0.492. The molecule has 3 heterocycles. The molecule has 0 amide bonds. The summed E-state index contributed by atoms with van der Waals surface area (Å²) in [4.78, 5) is 17.4. The first-order chi connectivity index (χ1) is 10.7. The molecule has 1 aliphatic rings. The van der Waals surface area contributed by atoms with Crippen LogP contribution in [0.3, 0.4) is 0 Å². The van der Waals surface area contributed by atoms with Crippen molar-refractivity contribution in [1.29, 1.82) is 0 Å². The second-order valence-corrected chi connectivity index (χ2v) is 5.03. The summed E-state index contributed by atoms with van der Waals surface area (Å²) in [5.41, 5.74) is 3.61. The molecular formula is C15H12FMnN5O. The first-order valence-electron chi connectivity index (χ1n) is 6.78. The Kier molecular flexibility index (Phi) is 5.52. The fourth-order valence-corrected chi connectivity index (χ4v) is 2.58. The Morgan fingerprint density at radius 2 is 2.13 bits per heavy atom. The standard InChI is InChI=1S/C11H10N3O.C4H2FN2.Mn/c1-7-2-3-10-9(7)4-8(5-15)11-13-12-6-14(10)11;5-4-1-6-3-7-2-4;/h4,6-7H,2-3H2,1H3;1-2H;/q2*-1;+2/t7-;;/m0../s1. The number of carbonyl (C=O) groups excluding carboxylic acids is 1. The van der Waals surface area contributed by atoms with Gasteiger partial charge in [-0.1, -0.05) is 12.5 Å². The third-order valence-electron chi connectivity index (χ3n) is 3.66. The predicted molar refractivity (Wildman–Crippen MR) is 75.3 cm³/mol. The number of hydrogen-bond acceptors (Lipinski definition) is 5. The average Bonchev–Trinajstić information content (AvgIpc) is 3.15. The molecule has 0 aromatic carbocycles. The van der Waals surface area contributed by atoms with Crippen molar-refractivity contribution < 1.29 is 26.3 Å². The smallest absolute Gasteiger partial charge is 0.376 e. The number of aromatic nitrogens is 5. The van der Waals surface area contributed by atoms with E-state index in [1.54, 1.807) is 6.33 Å². The minimum Gasteiger partial charge on any atom is -0.376 e. The van der Waals surface area contributed by atoms with Crippen LogP contribution in [0.1, 0.15) is 36.1 Å². The van der Waals surface area contributed by atoms with E-state index in [2.05, 4.69) is 33.4 Å². The normalized spacial score (nSPS) is 15.3. The molecule has 0 bridgehead atoms. The van der Waals surface area contributed by atoms with Gasteiger partial charge >= 0.3 is 17.1 Å². The van der Waals surface area contributed by atoms with Crippen LogP contribution in [-0.4, -0.2) is 30.9 Å². The van der Waals surface area contributed by atoms with Gasteiger partial charge in [-0.25, -0.2) is 4.39 Å². The molecule has 3 aromatic heterocycles. The van der Waals surface area contributed by atoms with E-state index in [1.807, 2.05) is 16.8 Å².